The minimum Gasteiger partial charge on any atom is -0.324 e. The average Bonchev–Trinajstić information content (AvgIpc) is 2.42. The van der Waals surface area contributed by atoms with Crippen molar-refractivity contribution >= 4 is 58.2 Å². The SMILES string of the molecule is O=C(CSc1cc(Cl)ccc1Cl)Nc1ccccc1Cl. The molecule has 1 amide bonds. The Hall–Kier alpha value is -0.870. The van der Waals surface area contributed by atoms with Crippen molar-refractivity contribution < 1.29 is 4.79 Å². The van der Waals surface area contributed by atoms with Crippen LogP contribution in [0, 0.1) is 0 Å². The molecule has 2 nitrogen and oxygen atoms in total. The number of amides is 1. The molecule has 2 aromatic rings. The summed E-state index contributed by atoms with van der Waals surface area (Å²) in [4.78, 5) is 12.6. The lowest BCUT2D eigenvalue weighted by molar-refractivity contribution is -0.113. The van der Waals surface area contributed by atoms with Crippen molar-refractivity contribution in [3.8, 4) is 0 Å². The highest BCUT2D eigenvalue weighted by molar-refractivity contribution is 8.00. The van der Waals surface area contributed by atoms with Gasteiger partial charge in [-0.2, -0.15) is 0 Å². The van der Waals surface area contributed by atoms with Crippen molar-refractivity contribution in [2.75, 3.05) is 11.1 Å². The molecule has 20 heavy (non-hydrogen) atoms. The zero-order chi connectivity index (χ0) is 14.5. The first-order chi connectivity index (χ1) is 9.56. The van der Waals surface area contributed by atoms with Crippen LogP contribution in [-0.4, -0.2) is 11.7 Å². The van der Waals surface area contributed by atoms with E-state index in [0.717, 1.165) is 4.90 Å². The first-order valence-electron chi connectivity index (χ1n) is 5.68. The Labute approximate surface area is 136 Å². The van der Waals surface area contributed by atoms with E-state index >= 15 is 0 Å². The number of halogens is 3. The second kappa shape index (κ2) is 7.23. The van der Waals surface area contributed by atoms with Crippen LogP contribution in [0.4, 0.5) is 5.69 Å². The summed E-state index contributed by atoms with van der Waals surface area (Å²) in [6.07, 6.45) is 0. The maximum Gasteiger partial charge on any atom is 0.234 e. The van der Waals surface area contributed by atoms with Gasteiger partial charge in [0, 0.05) is 9.92 Å². The number of thioether (sulfide) groups is 1. The van der Waals surface area contributed by atoms with Gasteiger partial charge >= 0.3 is 0 Å². The molecule has 0 radical (unpaired) electrons. The molecule has 0 bridgehead atoms. The molecule has 0 aliphatic rings. The van der Waals surface area contributed by atoms with Crippen LogP contribution in [0.3, 0.4) is 0 Å². The van der Waals surface area contributed by atoms with Crippen molar-refractivity contribution in [3.63, 3.8) is 0 Å². The molecule has 104 valence electrons. The smallest absolute Gasteiger partial charge is 0.234 e. The van der Waals surface area contributed by atoms with Crippen LogP contribution in [0.25, 0.3) is 0 Å². The van der Waals surface area contributed by atoms with E-state index in [9.17, 15) is 4.79 Å². The third-order valence-electron chi connectivity index (χ3n) is 2.40. The first kappa shape index (κ1) is 15.5. The normalized spacial score (nSPS) is 10.3. The van der Waals surface area contributed by atoms with Crippen LogP contribution in [-0.2, 0) is 4.79 Å². The zero-order valence-corrected chi connectivity index (χ0v) is 13.3. The number of rotatable bonds is 4. The molecule has 0 heterocycles. The summed E-state index contributed by atoms with van der Waals surface area (Å²) < 4.78 is 0. The predicted octanol–water partition coefficient (Wildman–Crippen LogP) is 5.38. The topological polar surface area (TPSA) is 29.1 Å². The summed E-state index contributed by atoms with van der Waals surface area (Å²) in [5.74, 6) is 0.0739. The number of hydrogen-bond acceptors (Lipinski definition) is 2. The minimum absolute atomic E-state index is 0.154. The highest BCUT2D eigenvalue weighted by Gasteiger charge is 2.08. The quantitative estimate of drug-likeness (QED) is 0.753. The fraction of sp³-hybridized carbons (Fsp3) is 0.0714. The lowest BCUT2D eigenvalue weighted by Gasteiger charge is -2.07. The van der Waals surface area contributed by atoms with Gasteiger partial charge in [0.1, 0.15) is 0 Å². The maximum absolute atomic E-state index is 11.9. The van der Waals surface area contributed by atoms with Crippen molar-refractivity contribution in [3.05, 3.63) is 57.5 Å². The second-order valence-corrected chi connectivity index (χ2v) is 6.16. The summed E-state index contributed by atoms with van der Waals surface area (Å²) in [6.45, 7) is 0. The zero-order valence-electron chi connectivity index (χ0n) is 10.2. The molecule has 0 saturated carbocycles. The highest BCUT2D eigenvalue weighted by atomic mass is 35.5. The summed E-state index contributed by atoms with van der Waals surface area (Å²) in [5.41, 5.74) is 0.594. The Kier molecular flexibility index (Phi) is 5.61. The summed E-state index contributed by atoms with van der Waals surface area (Å²) in [5, 5.41) is 4.41. The summed E-state index contributed by atoms with van der Waals surface area (Å²) >= 11 is 19.2. The van der Waals surface area contributed by atoms with Gasteiger partial charge in [0.25, 0.3) is 0 Å². The summed E-state index contributed by atoms with van der Waals surface area (Å²) in [6, 6.07) is 12.2. The minimum atomic E-state index is -0.154. The lowest BCUT2D eigenvalue weighted by atomic mass is 10.3. The third kappa shape index (κ3) is 4.32. The van der Waals surface area contributed by atoms with Gasteiger partial charge in [-0.05, 0) is 30.3 Å². The Morgan fingerprint density at radius 3 is 2.55 bits per heavy atom. The van der Waals surface area contributed by atoms with Gasteiger partial charge in [-0.1, -0.05) is 46.9 Å². The molecule has 0 saturated heterocycles. The molecular weight excluding hydrogens is 337 g/mol. The molecule has 0 spiro atoms. The van der Waals surface area contributed by atoms with E-state index in [1.54, 1.807) is 36.4 Å². The molecule has 1 N–H and O–H groups in total. The molecule has 0 unspecified atom stereocenters. The molecule has 0 aromatic heterocycles. The van der Waals surface area contributed by atoms with Gasteiger partial charge < -0.3 is 5.32 Å². The Balaban J connectivity index is 1.96. The number of benzene rings is 2. The molecule has 0 aliphatic heterocycles. The lowest BCUT2D eigenvalue weighted by Crippen LogP contribution is -2.14. The number of carbonyl (C=O) groups excluding carboxylic acids is 1. The predicted molar refractivity (Wildman–Crippen MR) is 87.3 cm³/mol. The van der Waals surface area contributed by atoms with Crippen LogP contribution in [0.1, 0.15) is 0 Å². The van der Waals surface area contributed by atoms with E-state index in [4.69, 9.17) is 34.8 Å². The van der Waals surface area contributed by atoms with Gasteiger partial charge in [-0.3, -0.25) is 4.79 Å². The standard InChI is InChI=1S/C14H10Cl3NOS/c15-9-5-6-11(17)13(7-9)20-8-14(19)18-12-4-2-1-3-10(12)16/h1-7H,8H2,(H,18,19). The van der Waals surface area contributed by atoms with Crippen molar-refractivity contribution in [2.45, 2.75) is 4.90 Å². The maximum atomic E-state index is 11.9. The molecule has 2 rings (SSSR count). The molecule has 6 heteroatoms. The van der Waals surface area contributed by atoms with Gasteiger partial charge in [0.15, 0.2) is 0 Å². The highest BCUT2D eigenvalue weighted by Crippen LogP contribution is 2.30. The molecule has 0 aliphatic carbocycles. The fourth-order valence-corrected chi connectivity index (χ4v) is 2.96. The average molecular weight is 347 g/mol. The second-order valence-electron chi connectivity index (χ2n) is 3.89. The number of hydrogen-bond donors (Lipinski definition) is 1. The van der Waals surface area contributed by atoms with Gasteiger partial charge in [-0.15, -0.1) is 11.8 Å². The largest absolute Gasteiger partial charge is 0.324 e. The Bertz CT molecular complexity index is 634. The van der Waals surface area contributed by atoms with E-state index in [0.29, 0.717) is 20.8 Å². The summed E-state index contributed by atoms with van der Waals surface area (Å²) in [7, 11) is 0. The molecule has 0 atom stereocenters. The van der Waals surface area contributed by atoms with Crippen molar-refractivity contribution in [2.24, 2.45) is 0 Å². The Morgan fingerprint density at radius 2 is 1.80 bits per heavy atom. The van der Waals surface area contributed by atoms with E-state index in [1.807, 2.05) is 6.07 Å². The Morgan fingerprint density at radius 1 is 1.05 bits per heavy atom. The van der Waals surface area contributed by atoms with E-state index < -0.39 is 0 Å². The van der Waals surface area contributed by atoms with Crippen LogP contribution in [0.15, 0.2) is 47.4 Å². The monoisotopic (exact) mass is 345 g/mol. The van der Waals surface area contributed by atoms with Crippen LogP contribution < -0.4 is 5.32 Å². The van der Waals surface area contributed by atoms with E-state index in [2.05, 4.69) is 5.32 Å². The number of carbonyl (C=O) groups is 1. The van der Waals surface area contributed by atoms with Gasteiger partial charge in [0.05, 0.1) is 21.5 Å². The molecular formula is C14H10Cl3NOS. The molecule has 0 fully saturated rings. The van der Waals surface area contributed by atoms with Crippen LogP contribution >= 0.6 is 46.6 Å². The van der Waals surface area contributed by atoms with Gasteiger partial charge in [0.2, 0.25) is 5.91 Å². The molecule has 2 aromatic carbocycles. The van der Waals surface area contributed by atoms with Crippen molar-refractivity contribution in [1.82, 2.24) is 0 Å². The van der Waals surface area contributed by atoms with E-state index in [-0.39, 0.29) is 11.7 Å². The van der Waals surface area contributed by atoms with Gasteiger partial charge in [-0.25, -0.2) is 0 Å². The number of para-hydroxylation sites is 1. The van der Waals surface area contributed by atoms with Crippen LogP contribution in [0.2, 0.25) is 15.1 Å². The number of anilines is 1. The number of nitrogens with one attached hydrogen (secondary N) is 1. The third-order valence-corrected chi connectivity index (χ3v) is 4.46. The van der Waals surface area contributed by atoms with Crippen molar-refractivity contribution in [1.29, 1.82) is 0 Å². The fourth-order valence-electron chi connectivity index (χ4n) is 1.48. The van der Waals surface area contributed by atoms with Crippen LogP contribution in [0.5, 0.6) is 0 Å². The first-order valence-corrected chi connectivity index (χ1v) is 7.80. The van der Waals surface area contributed by atoms with E-state index in [1.165, 1.54) is 11.8 Å².